The Bertz CT molecular complexity index is 427. The molecule has 1 saturated heterocycles. The van der Waals surface area contributed by atoms with Gasteiger partial charge in [-0.3, -0.25) is 4.79 Å². The van der Waals surface area contributed by atoms with Gasteiger partial charge in [0.2, 0.25) is 0 Å². The molecule has 1 unspecified atom stereocenters. The summed E-state index contributed by atoms with van der Waals surface area (Å²) in [6.45, 7) is 3.38. The molecule has 1 aliphatic rings. The van der Waals surface area contributed by atoms with Gasteiger partial charge >= 0.3 is 0 Å². The first kappa shape index (κ1) is 12.6. The topological polar surface area (TPSA) is 29.5 Å². The van der Waals surface area contributed by atoms with Crippen molar-refractivity contribution >= 4 is 21.8 Å². The van der Waals surface area contributed by atoms with Crippen molar-refractivity contribution in [2.24, 2.45) is 0 Å². The van der Waals surface area contributed by atoms with Gasteiger partial charge in [0.25, 0.3) is 5.91 Å². The summed E-state index contributed by atoms with van der Waals surface area (Å²) in [4.78, 5) is 14.1. The number of hydrogen-bond acceptors (Lipinski definition) is 2. The highest BCUT2D eigenvalue weighted by Gasteiger charge is 2.26. The second kappa shape index (κ2) is 5.19. The molecule has 1 aromatic carbocycles. The molecule has 3 nitrogen and oxygen atoms in total. The Balaban J connectivity index is 2.21. The first-order valence-corrected chi connectivity index (χ1v) is 6.50. The number of likely N-dealkylation sites (N-methyl/N-ethyl adjacent to an activating group) is 1. The average Bonchev–Trinajstić information content (AvgIpc) is 2.84. The molecule has 0 aliphatic carbocycles. The predicted molar refractivity (Wildman–Crippen MR) is 70.2 cm³/mol. The highest BCUT2D eigenvalue weighted by atomic mass is 79.9. The van der Waals surface area contributed by atoms with Crippen molar-refractivity contribution in [2.75, 3.05) is 20.3 Å². The number of rotatable bonds is 2. The highest BCUT2D eigenvalue weighted by Crippen LogP contribution is 2.23. The van der Waals surface area contributed by atoms with Crippen molar-refractivity contribution in [3.8, 4) is 0 Å². The number of carbonyl (C=O) groups excluding carboxylic acids is 1. The first-order valence-electron chi connectivity index (χ1n) is 5.71. The van der Waals surface area contributed by atoms with E-state index in [1.807, 2.05) is 32.2 Å². The van der Waals surface area contributed by atoms with Crippen LogP contribution >= 0.6 is 15.9 Å². The van der Waals surface area contributed by atoms with Gasteiger partial charge in [-0.1, -0.05) is 12.1 Å². The van der Waals surface area contributed by atoms with Crippen LogP contribution in [0.4, 0.5) is 0 Å². The standard InChI is InChI=1S/C13H16BrNO2/c1-9-4-3-5-11(12(9)14)13(16)15(2)10-6-7-17-8-10/h3-5,10H,6-8H2,1-2H3. The number of hydrogen-bond donors (Lipinski definition) is 0. The Morgan fingerprint density at radius 1 is 1.53 bits per heavy atom. The summed E-state index contributed by atoms with van der Waals surface area (Å²) in [5.41, 5.74) is 1.80. The van der Waals surface area contributed by atoms with E-state index in [1.54, 1.807) is 4.90 Å². The van der Waals surface area contributed by atoms with Gasteiger partial charge < -0.3 is 9.64 Å². The molecule has 1 aliphatic heterocycles. The lowest BCUT2D eigenvalue weighted by atomic mass is 10.1. The van der Waals surface area contributed by atoms with Crippen molar-refractivity contribution in [3.05, 3.63) is 33.8 Å². The van der Waals surface area contributed by atoms with Crippen molar-refractivity contribution in [3.63, 3.8) is 0 Å². The van der Waals surface area contributed by atoms with Crippen LogP contribution < -0.4 is 0 Å². The minimum absolute atomic E-state index is 0.0519. The van der Waals surface area contributed by atoms with Crippen LogP contribution in [-0.4, -0.2) is 37.1 Å². The van der Waals surface area contributed by atoms with Crippen molar-refractivity contribution in [1.82, 2.24) is 4.90 Å². The normalized spacial score (nSPS) is 19.4. The molecule has 0 saturated carbocycles. The Morgan fingerprint density at radius 3 is 2.94 bits per heavy atom. The smallest absolute Gasteiger partial charge is 0.255 e. The number of benzene rings is 1. The maximum Gasteiger partial charge on any atom is 0.255 e. The van der Waals surface area contributed by atoms with Gasteiger partial charge in [-0.25, -0.2) is 0 Å². The van der Waals surface area contributed by atoms with E-state index >= 15 is 0 Å². The zero-order valence-corrected chi connectivity index (χ0v) is 11.7. The molecule has 92 valence electrons. The van der Waals surface area contributed by atoms with Crippen LogP contribution in [0.2, 0.25) is 0 Å². The van der Waals surface area contributed by atoms with Crippen LogP contribution in [0.1, 0.15) is 22.3 Å². The molecule has 0 spiro atoms. The zero-order chi connectivity index (χ0) is 12.4. The molecule has 0 N–H and O–H groups in total. The molecule has 1 fully saturated rings. The SMILES string of the molecule is Cc1cccc(C(=O)N(C)C2CCOC2)c1Br. The molecule has 2 rings (SSSR count). The number of aryl methyl sites for hydroxylation is 1. The third-order valence-electron chi connectivity index (χ3n) is 3.20. The van der Waals surface area contributed by atoms with Gasteiger partial charge in [0.05, 0.1) is 18.2 Å². The summed E-state index contributed by atoms with van der Waals surface area (Å²) in [7, 11) is 1.84. The van der Waals surface area contributed by atoms with Crippen molar-refractivity contribution < 1.29 is 9.53 Å². The van der Waals surface area contributed by atoms with Gasteiger partial charge in [0.15, 0.2) is 0 Å². The van der Waals surface area contributed by atoms with Gasteiger partial charge in [-0.2, -0.15) is 0 Å². The molecule has 1 heterocycles. The van der Waals surface area contributed by atoms with E-state index in [0.29, 0.717) is 6.61 Å². The molecule has 0 radical (unpaired) electrons. The Labute approximate surface area is 110 Å². The van der Waals surface area contributed by atoms with E-state index < -0.39 is 0 Å². The lowest BCUT2D eigenvalue weighted by molar-refractivity contribution is 0.0710. The molecule has 0 aromatic heterocycles. The Kier molecular flexibility index (Phi) is 3.84. The second-order valence-electron chi connectivity index (χ2n) is 4.37. The Hall–Kier alpha value is -0.870. The minimum Gasteiger partial charge on any atom is -0.379 e. The molecule has 1 aromatic rings. The lowest BCUT2D eigenvalue weighted by Gasteiger charge is -2.24. The van der Waals surface area contributed by atoms with Crippen molar-refractivity contribution in [2.45, 2.75) is 19.4 Å². The summed E-state index contributed by atoms with van der Waals surface area (Å²) in [6, 6.07) is 5.95. The summed E-state index contributed by atoms with van der Waals surface area (Å²) < 4.78 is 6.20. The summed E-state index contributed by atoms with van der Waals surface area (Å²) in [6.07, 6.45) is 0.922. The van der Waals surface area contributed by atoms with Gasteiger partial charge in [-0.15, -0.1) is 0 Å². The third kappa shape index (κ3) is 2.53. The average molecular weight is 298 g/mol. The van der Waals surface area contributed by atoms with E-state index in [-0.39, 0.29) is 11.9 Å². The van der Waals surface area contributed by atoms with Gasteiger partial charge in [-0.05, 0) is 40.9 Å². The molecule has 17 heavy (non-hydrogen) atoms. The van der Waals surface area contributed by atoms with Crippen LogP contribution in [0.25, 0.3) is 0 Å². The molecule has 1 amide bonds. The second-order valence-corrected chi connectivity index (χ2v) is 5.16. The maximum absolute atomic E-state index is 12.3. The molecular formula is C13H16BrNO2. The van der Waals surface area contributed by atoms with Crippen LogP contribution in [0.5, 0.6) is 0 Å². The molecule has 0 bridgehead atoms. The van der Waals surface area contributed by atoms with E-state index in [9.17, 15) is 4.79 Å². The quantitative estimate of drug-likeness (QED) is 0.840. The lowest BCUT2D eigenvalue weighted by Crippen LogP contribution is -2.37. The number of carbonyl (C=O) groups is 1. The van der Waals surface area contributed by atoms with E-state index in [2.05, 4.69) is 15.9 Å². The third-order valence-corrected chi connectivity index (χ3v) is 4.25. The number of amides is 1. The molecule has 1 atom stereocenters. The maximum atomic E-state index is 12.3. The van der Waals surface area contributed by atoms with E-state index in [4.69, 9.17) is 4.74 Å². The monoisotopic (exact) mass is 297 g/mol. The van der Waals surface area contributed by atoms with E-state index in [1.165, 1.54) is 0 Å². The minimum atomic E-state index is 0.0519. The van der Waals surface area contributed by atoms with Crippen LogP contribution in [0.15, 0.2) is 22.7 Å². The van der Waals surface area contributed by atoms with E-state index in [0.717, 1.165) is 28.6 Å². The van der Waals surface area contributed by atoms with Crippen LogP contribution in [-0.2, 0) is 4.74 Å². The largest absolute Gasteiger partial charge is 0.379 e. The number of ether oxygens (including phenoxy) is 1. The fourth-order valence-electron chi connectivity index (χ4n) is 2.00. The van der Waals surface area contributed by atoms with Gasteiger partial charge in [0, 0.05) is 18.1 Å². The summed E-state index contributed by atoms with van der Waals surface area (Å²) >= 11 is 3.48. The fourth-order valence-corrected chi connectivity index (χ4v) is 2.43. The molecular weight excluding hydrogens is 282 g/mol. The van der Waals surface area contributed by atoms with Crippen LogP contribution in [0, 0.1) is 6.92 Å². The predicted octanol–water partition coefficient (Wildman–Crippen LogP) is 2.62. The Morgan fingerprint density at radius 2 is 2.29 bits per heavy atom. The number of halogens is 1. The molecule has 4 heteroatoms. The fraction of sp³-hybridized carbons (Fsp3) is 0.462. The zero-order valence-electron chi connectivity index (χ0n) is 10.1. The number of nitrogens with zero attached hydrogens (tertiary/aromatic N) is 1. The van der Waals surface area contributed by atoms with Crippen LogP contribution in [0.3, 0.4) is 0 Å². The first-order chi connectivity index (χ1) is 8.11. The highest BCUT2D eigenvalue weighted by molar-refractivity contribution is 9.10. The van der Waals surface area contributed by atoms with Gasteiger partial charge in [0.1, 0.15) is 0 Å². The van der Waals surface area contributed by atoms with Crippen molar-refractivity contribution in [1.29, 1.82) is 0 Å². The summed E-state index contributed by atoms with van der Waals surface area (Å²) in [5.74, 6) is 0.0519. The summed E-state index contributed by atoms with van der Waals surface area (Å²) in [5, 5.41) is 0.